The van der Waals surface area contributed by atoms with Crippen molar-refractivity contribution in [2.75, 3.05) is 24.6 Å². The van der Waals surface area contributed by atoms with Crippen LogP contribution in [0.4, 0.5) is 13.2 Å². The summed E-state index contributed by atoms with van der Waals surface area (Å²) in [6, 6.07) is 1.84. The van der Waals surface area contributed by atoms with Crippen LogP contribution < -0.4 is 0 Å². The molecule has 28 heavy (non-hydrogen) atoms. The Morgan fingerprint density at radius 1 is 1.18 bits per heavy atom. The molecule has 1 aliphatic heterocycles. The summed E-state index contributed by atoms with van der Waals surface area (Å²) < 4.78 is 41.1. The van der Waals surface area contributed by atoms with Crippen LogP contribution in [-0.4, -0.2) is 45.3 Å². The van der Waals surface area contributed by atoms with Crippen LogP contribution in [0.2, 0.25) is 0 Å². The minimum atomic E-state index is -4.37. The fourth-order valence-corrected chi connectivity index (χ4v) is 5.69. The van der Waals surface area contributed by atoms with Crippen LogP contribution >= 0.6 is 11.8 Å². The summed E-state index contributed by atoms with van der Waals surface area (Å²) in [4.78, 5) is 2.67. The molecule has 2 heterocycles. The lowest BCUT2D eigenvalue weighted by atomic mass is 9.82. The maximum atomic E-state index is 13.2. The van der Waals surface area contributed by atoms with E-state index in [1.165, 1.54) is 43.5 Å². The molecule has 0 amide bonds. The van der Waals surface area contributed by atoms with Crippen molar-refractivity contribution < 1.29 is 13.2 Å². The Morgan fingerprint density at radius 2 is 1.89 bits per heavy atom. The molecule has 3 rings (SSSR count). The smallest absolute Gasteiger partial charge is 0.300 e. The van der Waals surface area contributed by atoms with Gasteiger partial charge in [-0.05, 0) is 82.4 Å². The van der Waals surface area contributed by atoms with E-state index >= 15 is 0 Å². The highest BCUT2D eigenvalue weighted by Crippen LogP contribution is 2.39. The van der Waals surface area contributed by atoms with Crippen molar-refractivity contribution in [3.8, 4) is 0 Å². The maximum absolute atomic E-state index is 13.2. The van der Waals surface area contributed by atoms with Gasteiger partial charge in [-0.25, -0.2) is 0 Å². The van der Waals surface area contributed by atoms with Gasteiger partial charge in [0, 0.05) is 30.2 Å². The van der Waals surface area contributed by atoms with Gasteiger partial charge in [0.25, 0.3) is 0 Å². The number of piperidine rings is 1. The number of rotatable bonds is 6. The normalized spacial score (nSPS) is 27.5. The molecule has 1 saturated carbocycles. The van der Waals surface area contributed by atoms with Crippen molar-refractivity contribution in [2.24, 2.45) is 5.92 Å². The first-order valence-corrected chi connectivity index (χ1v) is 11.9. The van der Waals surface area contributed by atoms with Crippen LogP contribution in [0, 0.1) is 5.92 Å². The van der Waals surface area contributed by atoms with Gasteiger partial charge in [0.15, 0.2) is 5.69 Å². The third-order valence-corrected chi connectivity index (χ3v) is 7.40. The maximum Gasteiger partial charge on any atom is 0.435 e. The van der Waals surface area contributed by atoms with Crippen LogP contribution in [-0.2, 0) is 6.18 Å². The third kappa shape index (κ3) is 5.26. The summed E-state index contributed by atoms with van der Waals surface area (Å²) >= 11 is 2.04. The molecule has 0 N–H and O–H groups in total. The summed E-state index contributed by atoms with van der Waals surface area (Å²) in [5.74, 6) is 3.44. The summed E-state index contributed by atoms with van der Waals surface area (Å²) in [5, 5.41) is 3.88. The van der Waals surface area contributed by atoms with Crippen LogP contribution in [0.25, 0.3) is 0 Å². The second-order valence-corrected chi connectivity index (χ2v) is 9.98. The number of aromatic nitrogens is 2. The Bertz CT molecular complexity index is 621. The van der Waals surface area contributed by atoms with Crippen molar-refractivity contribution in [1.82, 2.24) is 14.7 Å². The number of alkyl halides is 3. The van der Waals surface area contributed by atoms with Gasteiger partial charge in [0.2, 0.25) is 0 Å². The minimum absolute atomic E-state index is 0.0530. The molecule has 2 fully saturated rings. The van der Waals surface area contributed by atoms with Gasteiger partial charge in [-0.3, -0.25) is 4.68 Å². The van der Waals surface area contributed by atoms with Gasteiger partial charge in [0.1, 0.15) is 0 Å². The zero-order valence-electron chi connectivity index (χ0n) is 17.3. The summed E-state index contributed by atoms with van der Waals surface area (Å²) in [5.41, 5.74) is 0.0299. The van der Waals surface area contributed by atoms with Crippen LogP contribution in [0.3, 0.4) is 0 Å². The summed E-state index contributed by atoms with van der Waals surface area (Å²) in [7, 11) is 0. The fraction of sp³-hybridized carbons (Fsp3) is 0.857. The molecule has 0 bridgehead atoms. The lowest BCUT2D eigenvalue weighted by Crippen LogP contribution is -2.44. The van der Waals surface area contributed by atoms with E-state index in [4.69, 9.17) is 0 Å². The monoisotopic (exact) mass is 417 g/mol. The van der Waals surface area contributed by atoms with E-state index in [-0.39, 0.29) is 12.0 Å². The van der Waals surface area contributed by atoms with E-state index < -0.39 is 11.9 Å². The van der Waals surface area contributed by atoms with Crippen molar-refractivity contribution in [3.05, 3.63) is 17.5 Å². The van der Waals surface area contributed by atoms with E-state index in [1.807, 2.05) is 25.6 Å². The molecule has 0 radical (unpaired) electrons. The highest BCUT2D eigenvalue weighted by molar-refractivity contribution is 7.99. The number of hydrogen-bond donors (Lipinski definition) is 0. The molecule has 1 aliphatic carbocycles. The lowest BCUT2D eigenvalue weighted by Gasteiger charge is -2.41. The first-order chi connectivity index (χ1) is 13.3. The highest BCUT2D eigenvalue weighted by atomic mass is 32.2. The number of hydrogen-bond acceptors (Lipinski definition) is 3. The molecule has 1 unspecified atom stereocenters. The Kier molecular flexibility index (Phi) is 7.40. The van der Waals surface area contributed by atoms with Gasteiger partial charge in [-0.2, -0.15) is 30.0 Å². The summed E-state index contributed by atoms with van der Waals surface area (Å²) in [6.45, 7) is 8.42. The standard InChI is InChI=1S/C21H34F3N3S/c1-4-28-14-16-6-5-11-26(13-16)18-9-7-17(8-10-18)19-12-20(21(22,23)24)25-27(19)15(2)3/h12,15-18H,4-11,13-14H2,1-3H3. The average molecular weight is 418 g/mol. The Morgan fingerprint density at radius 3 is 2.50 bits per heavy atom. The molecule has 2 aliphatic rings. The van der Waals surface area contributed by atoms with Crippen molar-refractivity contribution >= 4 is 11.8 Å². The van der Waals surface area contributed by atoms with Gasteiger partial charge in [-0.15, -0.1) is 0 Å². The molecule has 1 aromatic heterocycles. The molecule has 0 aromatic carbocycles. The molecule has 7 heteroatoms. The van der Waals surface area contributed by atoms with Crippen LogP contribution in [0.1, 0.15) is 82.6 Å². The average Bonchev–Trinajstić information content (AvgIpc) is 3.13. The number of nitrogens with zero attached hydrogens (tertiary/aromatic N) is 3. The molecule has 1 aromatic rings. The first kappa shape index (κ1) is 22.0. The first-order valence-electron chi connectivity index (χ1n) is 10.8. The predicted octanol–water partition coefficient (Wildman–Crippen LogP) is 5.97. The molecule has 1 saturated heterocycles. The van der Waals surface area contributed by atoms with E-state index in [0.29, 0.717) is 6.04 Å². The Hall–Kier alpha value is -0.690. The van der Waals surface area contributed by atoms with Gasteiger partial charge in [0.05, 0.1) is 0 Å². The van der Waals surface area contributed by atoms with Crippen molar-refractivity contribution in [1.29, 1.82) is 0 Å². The number of likely N-dealkylation sites (tertiary alicyclic amines) is 1. The molecule has 1 atom stereocenters. The largest absolute Gasteiger partial charge is 0.435 e. The van der Waals surface area contributed by atoms with Gasteiger partial charge in [-0.1, -0.05) is 6.92 Å². The van der Waals surface area contributed by atoms with E-state index in [9.17, 15) is 13.2 Å². The van der Waals surface area contributed by atoms with Crippen molar-refractivity contribution in [3.63, 3.8) is 0 Å². The second kappa shape index (κ2) is 9.41. The SMILES string of the molecule is CCSCC1CCCN(C2CCC(c3cc(C(F)(F)F)nn3C(C)C)CC2)C1. The van der Waals surface area contributed by atoms with Crippen molar-refractivity contribution in [2.45, 2.75) is 83.5 Å². The summed E-state index contributed by atoms with van der Waals surface area (Å²) in [6.07, 6.45) is 2.35. The Labute approximate surface area is 171 Å². The van der Waals surface area contributed by atoms with Crippen LogP contribution in [0.15, 0.2) is 6.07 Å². The topological polar surface area (TPSA) is 21.1 Å². The lowest BCUT2D eigenvalue weighted by molar-refractivity contribution is -0.141. The number of halogens is 3. The molecular formula is C21H34F3N3S. The fourth-order valence-electron chi connectivity index (χ4n) is 4.85. The zero-order chi connectivity index (χ0) is 20.3. The van der Waals surface area contributed by atoms with E-state index in [2.05, 4.69) is 16.9 Å². The van der Waals surface area contributed by atoms with E-state index in [0.717, 1.165) is 37.3 Å². The van der Waals surface area contributed by atoms with E-state index in [1.54, 1.807) is 4.68 Å². The minimum Gasteiger partial charge on any atom is -0.300 e. The molecular weight excluding hydrogens is 383 g/mol. The molecule has 3 nitrogen and oxygen atoms in total. The quantitative estimate of drug-likeness (QED) is 0.569. The van der Waals surface area contributed by atoms with Gasteiger partial charge >= 0.3 is 6.18 Å². The van der Waals surface area contributed by atoms with Crippen LogP contribution in [0.5, 0.6) is 0 Å². The zero-order valence-corrected chi connectivity index (χ0v) is 18.2. The molecule has 0 spiro atoms. The second-order valence-electron chi connectivity index (χ2n) is 8.66. The predicted molar refractivity (Wildman–Crippen MR) is 110 cm³/mol. The van der Waals surface area contributed by atoms with Gasteiger partial charge < -0.3 is 4.90 Å². The third-order valence-electron chi connectivity index (χ3n) is 6.28. The molecule has 160 valence electrons. The Balaban J connectivity index is 1.62. The number of thioether (sulfide) groups is 1. The highest BCUT2D eigenvalue weighted by Gasteiger charge is 2.37.